The highest BCUT2D eigenvalue weighted by atomic mass is 32.2. The molecule has 0 radical (unpaired) electrons. The van der Waals surface area contributed by atoms with E-state index in [1.807, 2.05) is 37.4 Å². The SMILES string of the molecule is CSc1nnc(NC(=O)[C@@H]2CC(=O)N(c3ccc(C)cc3)C2)s1. The number of hydrogen-bond acceptors (Lipinski definition) is 6. The van der Waals surface area contributed by atoms with Gasteiger partial charge in [-0.2, -0.15) is 0 Å². The van der Waals surface area contributed by atoms with Gasteiger partial charge in [0.15, 0.2) is 4.34 Å². The van der Waals surface area contributed by atoms with Gasteiger partial charge in [0.2, 0.25) is 16.9 Å². The number of rotatable bonds is 4. The van der Waals surface area contributed by atoms with E-state index >= 15 is 0 Å². The standard InChI is InChI=1S/C15H16N4O2S2/c1-9-3-5-11(6-4-9)19-8-10(7-12(19)20)13(21)16-14-17-18-15(22-2)23-14/h3-6,10H,7-8H2,1-2H3,(H,16,17,21)/t10-/m1/s1. The van der Waals surface area contributed by atoms with Gasteiger partial charge < -0.3 is 10.2 Å². The molecule has 0 aliphatic carbocycles. The number of benzene rings is 1. The molecule has 120 valence electrons. The van der Waals surface area contributed by atoms with Crippen LogP contribution < -0.4 is 10.2 Å². The van der Waals surface area contributed by atoms with Gasteiger partial charge in [-0.05, 0) is 25.3 Å². The number of carbonyl (C=O) groups excluding carboxylic acids is 2. The maximum atomic E-state index is 12.3. The number of hydrogen-bond donors (Lipinski definition) is 1. The Morgan fingerprint density at radius 3 is 2.74 bits per heavy atom. The largest absolute Gasteiger partial charge is 0.312 e. The minimum atomic E-state index is -0.370. The lowest BCUT2D eigenvalue weighted by Crippen LogP contribution is -2.28. The van der Waals surface area contributed by atoms with Crippen LogP contribution in [0.1, 0.15) is 12.0 Å². The summed E-state index contributed by atoms with van der Waals surface area (Å²) in [5.74, 6) is -0.585. The number of nitrogens with one attached hydrogen (secondary N) is 1. The predicted molar refractivity (Wildman–Crippen MR) is 92.0 cm³/mol. The van der Waals surface area contributed by atoms with E-state index in [0.29, 0.717) is 11.7 Å². The Hall–Kier alpha value is -1.93. The Kier molecular flexibility index (Phi) is 4.63. The molecular weight excluding hydrogens is 332 g/mol. The zero-order valence-corrected chi connectivity index (χ0v) is 14.4. The number of anilines is 2. The van der Waals surface area contributed by atoms with Crippen LogP contribution in [0.2, 0.25) is 0 Å². The van der Waals surface area contributed by atoms with E-state index in [1.165, 1.54) is 23.1 Å². The molecule has 0 saturated carbocycles. The number of nitrogens with zero attached hydrogens (tertiary/aromatic N) is 3. The zero-order valence-electron chi connectivity index (χ0n) is 12.8. The fourth-order valence-electron chi connectivity index (χ4n) is 2.41. The number of carbonyl (C=O) groups is 2. The van der Waals surface area contributed by atoms with Crippen molar-refractivity contribution < 1.29 is 9.59 Å². The Morgan fingerprint density at radius 2 is 2.09 bits per heavy atom. The van der Waals surface area contributed by atoms with Crippen LogP contribution in [-0.2, 0) is 9.59 Å². The van der Waals surface area contributed by atoms with E-state index in [9.17, 15) is 9.59 Å². The van der Waals surface area contributed by atoms with Crippen molar-refractivity contribution in [2.24, 2.45) is 5.92 Å². The molecule has 2 heterocycles. The normalized spacial score (nSPS) is 17.6. The van der Waals surface area contributed by atoms with Crippen LogP contribution >= 0.6 is 23.1 Å². The fourth-order valence-corrected chi connectivity index (χ4v) is 3.58. The van der Waals surface area contributed by atoms with Gasteiger partial charge in [0.05, 0.1) is 5.92 Å². The first-order valence-corrected chi connectivity index (χ1v) is 9.16. The van der Waals surface area contributed by atoms with E-state index in [0.717, 1.165) is 15.6 Å². The third-order valence-corrected chi connectivity index (χ3v) is 5.47. The summed E-state index contributed by atoms with van der Waals surface area (Å²) >= 11 is 2.81. The first kappa shape index (κ1) is 15.9. The van der Waals surface area contributed by atoms with Crippen molar-refractivity contribution in [3.8, 4) is 0 Å². The second-order valence-electron chi connectivity index (χ2n) is 5.31. The monoisotopic (exact) mass is 348 g/mol. The summed E-state index contributed by atoms with van der Waals surface area (Å²) < 4.78 is 0.795. The summed E-state index contributed by atoms with van der Waals surface area (Å²) in [6, 6.07) is 7.73. The van der Waals surface area contributed by atoms with Gasteiger partial charge in [-0.15, -0.1) is 10.2 Å². The van der Waals surface area contributed by atoms with Crippen molar-refractivity contribution in [3.05, 3.63) is 29.8 Å². The molecule has 1 atom stereocenters. The van der Waals surface area contributed by atoms with E-state index in [4.69, 9.17) is 0 Å². The Bertz CT molecular complexity index is 729. The molecule has 2 amide bonds. The molecule has 8 heteroatoms. The zero-order chi connectivity index (χ0) is 16.4. The van der Waals surface area contributed by atoms with Crippen LogP contribution in [0.25, 0.3) is 0 Å². The van der Waals surface area contributed by atoms with E-state index < -0.39 is 0 Å². The molecule has 2 aromatic rings. The van der Waals surface area contributed by atoms with Gasteiger partial charge in [-0.1, -0.05) is 40.8 Å². The Balaban J connectivity index is 1.66. The summed E-state index contributed by atoms with van der Waals surface area (Å²) in [4.78, 5) is 26.2. The minimum absolute atomic E-state index is 0.0314. The Morgan fingerprint density at radius 1 is 1.35 bits per heavy atom. The summed E-state index contributed by atoms with van der Waals surface area (Å²) in [6.07, 6.45) is 2.12. The molecule has 23 heavy (non-hydrogen) atoms. The van der Waals surface area contributed by atoms with Crippen molar-refractivity contribution in [3.63, 3.8) is 0 Å². The third-order valence-electron chi connectivity index (χ3n) is 3.65. The highest BCUT2D eigenvalue weighted by molar-refractivity contribution is 8.00. The molecule has 1 N–H and O–H groups in total. The quantitative estimate of drug-likeness (QED) is 0.679. The summed E-state index contributed by atoms with van der Waals surface area (Å²) in [5.41, 5.74) is 1.96. The molecule has 1 fully saturated rings. The third kappa shape index (κ3) is 3.53. The van der Waals surface area contributed by atoms with Crippen LogP contribution in [0.5, 0.6) is 0 Å². The second kappa shape index (κ2) is 6.67. The molecule has 1 aliphatic heterocycles. The molecule has 1 saturated heterocycles. The van der Waals surface area contributed by atoms with Gasteiger partial charge in [0.25, 0.3) is 0 Å². The highest BCUT2D eigenvalue weighted by Gasteiger charge is 2.35. The molecule has 6 nitrogen and oxygen atoms in total. The first-order chi connectivity index (χ1) is 11.1. The lowest BCUT2D eigenvalue weighted by molar-refractivity contribution is -0.122. The number of thioether (sulfide) groups is 1. The van der Waals surface area contributed by atoms with E-state index in [2.05, 4.69) is 15.5 Å². The van der Waals surface area contributed by atoms with Gasteiger partial charge in [-0.3, -0.25) is 9.59 Å². The molecule has 3 rings (SSSR count). The first-order valence-electron chi connectivity index (χ1n) is 7.12. The highest BCUT2D eigenvalue weighted by Crippen LogP contribution is 2.28. The molecule has 0 spiro atoms. The van der Waals surface area contributed by atoms with Crippen molar-refractivity contribution in [1.29, 1.82) is 0 Å². The molecule has 1 aliphatic rings. The lowest BCUT2D eigenvalue weighted by Gasteiger charge is -2.16. The van der Waals surface area contributed by atoms with E-state index in [1.54, 1.807) is 4.90 Å². The smallest absolute Gasteiger partial charge is 0.231 e. The molecule has 1 aromatic heterocycles. The number of aryl methyl sites for hydroxylation is 1. The van der Waals surface area contributed by atoms with Crippen LogP contribution in [0, 0.1) is 12.8 Å². The van der Waals surface area contributed by atoms with Crippen molar-refractivity contribution in [2.75, 3.05) is 23.0 Å². The summed E-state index contributed by atoms with van der Waals surface area (Å²) in [7, 11) is 0. The maximum Gasteiger partial charge on any atom is 0.231 e. The Labute approximate surface area is 142 Å². The maximum absolute atomic E-state index is 12.3. The second-order valence-corrected chi connectivity index (χ2v) is 7.34. The average molecular weight is 348 g/mol. The fraction of sp³-hybridized carbons (Fsp3) is 0.333. The molecule has 0 bridgehead atoms. The predicted octanol–water partition coefficient (Wildman–Crippen LogP) is 2.56. The van der Waals surface area contributed by atoms with Crippen LogP contribution in [0.4, 0.5) is 10.8 Å². The van der Waals surface area contributed by atoms with Crippen molar-refractivity contribution in [1.82, 2.24) is 10.2 Å². The summed E-state index contributed by atoms with van der Waals surface area (Å²) in [6.45, 7) is 2.39. The van der Waals surface area contributed by atoms with Gasteiger partial charge >= 0.3 is 0 Å². The molecule has 1 aromatic carbocycles. The summed E-state index contributed by atoms with van der Waals surface area (Å²) in [5, 5.41) is 11.1. The topological polar surface area (TPSA) is 75.2 Å². The average Bonchev–Trinajstić information content (AvgIpc) is 3.15. The van der Waals surface area contributed by atoms with E-state index in [-0.39, 0.29) is 24.2 Å². The number of amides is 2. The van der Waals surface area contributed by atoms with Crippen molar-refractivity contribution in [2.45, 2.75) is 17.7 Å². The van der Waals surface area contributed by atoms with Crippen LogP contribution in [0.15, 0.2) is 28.6 Å². The van der Waals surface area contributed by atoms with Crippen LogP contribution in [0.3, 0.4) is 0 Å². The number of aromatic nitrogens is 2. The lowest BCUT2D eigenvalue weighted by atomic mass is 10.1. The van der Waals surface area contributed by atoms with Gasteiger partial charge in [0.1, 0.15) is 0 Å². The van der Waals surface area contributed by atoms with Gasteiger partial charge in [-0.25, -0.2) is 0 Å². The van der Waals surface area contributed by atoms with Gasteiger partial charge in [0, 0.05) is 18.7 Å². The minimum Gasteiger partial charge on any atom is -0.312 e. The molecule has 0 unspecified atom stereocenters. The van der Waals surface area contributed by atoms with Crippen LogP contribution in [-0.4, -0.2) is 34.8 Å². The molecular formula is C15H16N4O2S2. The van der Waals surface area contributed by atoms with Crippen molar-refractivity contribution >= 4 is 45.7 Å².